The van der Waals surface area contributed by atoms with Gasteiger partial charge in [-0.05, 0) is 36.6 Å². The summed E-state index contributed by atoms with van der Waals surface area (Å²) in [6.45, 7) is 2.51. The van der Waals surface area contributed by atoms with E-state index in [1.54, 1.807) is 12.1 Å². The van der Waals surface area contributed by atoms with Gasteiger partial charge in [-0.3, -0.25) is 4.79 Å². The van der Waals surface area contributed by atoms with Crippen molar-refractivity contribution < 1.29 is 9.90 Å². The minimum absolute atomic E-state index is 0.0370. The lowest BCUT2D eigenvalue weighted by atomic mass is 10.0. The summed E-state index contributed by atoms with van der Waals surface area (Å²) in [7, 11) is 0. The molecule has 0 spiro atoms. The Balaban J connectivity index is 1.82. The summed E-state index contributed by atoms with van der Waals surface area (Å²) in [4.78, 5) is 12.0. The van der Waals surface area contributed by atoms with E-state index in [0.29, 0.717) is 6.54 Å². The van der Waals surface area contributed by atoms with Crippen molar-refractivity contribution >= 4 is 5.91 Å². The van der Waals surface area contributed by atoms with Crippen molar-refractivity contribution in [2.45, 2.75) is 19.3 Å². The van der Waals surface area contributed by atoms with Crippen molar-refractivity contribution in [2.24, 2.45) is 0 Å². The molecule has 1 amide bonds. The number of phenols is 1. The van der Waals surface area contributed by atoms with Crippen molar-refractivity contribution in [3.8, 4) is 5.75 Å². The van der Waals surface area contributed by atoms with Gasteiger partial charge in [0.15, 0.2) is 0 Å². The van der Waals surface area contributed by atoms with Crippen LogP contribution in [-0.2, 0) is 11.2 Å². The predicted molar refractivity (Wildman–Crippen MR) is 79.7 cm³/mol. The van der Waals surface area contributed by atoms with Crippen LogP contribution < -0.4 is 5.32 Å². The summed E-state index contributed by atoms with van der Waals surface area (Å²) in [5.74, 6) is 0.154. The zero-order chi connectivity index (χ0) is 14.4. The first-order valence-corrected chi connectivity index (χ1v) is 6.77. The topological polar surface area (TPSA) is 49.3 Å². The van der Waals surface area contributed by atoms with E-state index in [-0.39, 0.29) is 17.6 Å². The van der Waals surface area contributed by atoms with Crippen molar-refractivity contribution in [2.75, 3.05) is 6.54 Å². The molecule has 0 bridgehead atoms. The zero-order valence-electron chi connectivity index (χ0n) is 11.5. The fourth-order valence-corrected chi connectivity index (χ4v) is 2.04. The third-order valence-electron chi connectivity index (χ3n) is 3.34. The molecule has 0 aliphatic carbocycles. The number of amides is 1. The first kappa shape index (κ1) is 14.1. The van der Waals surface area contributed by atoms with Gasteiger partial charge in [-0.2, -0.15) is 0 Å². The summed E-state index contributed by atoms with van der Waals surface area (Å²) in [6.07, 6.45) is 0.757. The molecule has 0 radical (unpaired) electrons. The third kappa shape index (κ3) is 3.85. The molecule has 104 valence electrons. The van der Waals surface area contributed by atoms with Gasteiger partial charge in [-0.15, -0.1) is 0 Å². The molecule has 0 aliphatic rings. The number of phenolic OH excluding ortho intramolecular Hbond substituents is 1. The van der Waals surface area contributed by atoms with Crippen LogP contribution in [0.4, 0.5) is 0 Å². The molecule has 3 heteroatoms. The van der Waals surface area contributed by atoms with E-state index < -0.39 is 0 Å². The van der Waals surface area contributed by atoms with E-state index in [4.69, 9.17) is 0 Å². The number of nitrogens with one attached hydrogen (secondary N) is 1. The number of carbonyl (C=O) groups excluding carboxylic acids is 1. The highest BCUT2D eigenvalue weighted by Crippen LogP contribution is 2.14. The van der Waals surface area contributed by atoms with Crippen LogP contribution in [0.5, 0.6) is 5.75 Å². The van der Waals surface area contributed by atoms with Gasteiger partial charge in [0.05, 0.1) is 5.92 Å². The Morgan fingerprint density at radius 1 is 1.10 bits per heavy atom. The maximum absolute atomic E-state index is 12.0. The van der Waals surface area contributed by atoms with Gasteiger partial charge in [-0.1, -0.05) is 42.5 Å². The zero-order valence-corrected chi connectivity index (χ0v) is 11.5. The Labute approximate surface area is 119 Å². The van der Waals surface area contributed by atoms with Gasteiger partial charge in [0, 0.05) is 6.54 Å². The van der Waals surface area contributed by atoms with E-state index in [1.807, 2.05) is 49.4 Å². The van der Waals surface area contributed by atoms with Crippen LogP contribution in [0.15, 0.2) is 54.6 Å². The Morgan fingerprint density at radius 2 is 1.75 bits per heavy atom. The lowest BCUT2D eigenvalue weighted by Gasteiger charge is -2.12. The molecular weight excluding hydrogens is 250 g/mol. The van der Waals surface area contributed by atoms with E-state index in [2.05, 4.69) is 5.32 Å². The van der Waals surface area contributed by atoms with Crippen LogP contribution in [0.2, 0.25) is 0 Å². The highest BCUT2D eigenvalue weighted by atomic mass is 16.3. The van der Waals surface area contributed by atoms with Crippen LogP contribution in [0.3, 0.4) is 0 Å². The highest BCUT2D eigenvalue weighted by Gasteiger charge is 2.13. The quantitative estimate of drug-likeness (QED) is 0.877. The van der Waals surface area contributed by atoms with Crippen LogP contribution in [0.25, 0.3) is 0 Å². The number of hydrogen-bond donors (Lipinski definition) is 2. The second-order valence-electron chi connectivity index (χ2n) is 4.84. The molecule has 1 unspecified atom stereocenters. The Morgan fingerprint density at radius 3 is 2.40 bits per heavy atom. The largest absolute Gasteiger partial charge is 0.508 e. The molecule has 2 aromatic carbocycles. The van der Waals surface area contributed by atoms with Crippen molar-refractivity contribution in [1.29, 1.82) is 0 Å². The Hall–Kier alpha value is -2.29. The molecule has 0 aliphatic heterocycles. The third-order valence-corrected chi connectivity index (χ3v) is 3.34. The first-order valence-electron chi connectivity index (χ1n) is 6.77. The van der Waals surface area contributed by atoms with Gasteiger partial charge >= 0.3 is 0 Å². The predicted octanol–water partition coefficient (Wildman–Crippen LogP) is 2.85. The van der Waals surface area contributed by atoms with E-state index in [0.717, 1.165) is 17.5 Å². The standard InChI is InChI=1S/C17H19NO2/c1-13(15-5-3-2-4-6-15)17(20)18-12-11-14-7-9-16(19)10-8-14/h2-10,13,19H,11-12H2,1H3,(H,18,20). The van der Waals surface area contributed by atoms with E-state index in [1.165, 1.54) is 0 Å². The average molecular weight is 269 g/mol. The highest BCUT2D eigenvalue weighted by molar-refractivity contribution is 5.83. The lowest BCUT2D eigenvalue weighted by Crippen LogP contribution is -2.29. The summed E-state index contributed by atoms with van der Waals surface area (Å²) >= 11 is 0. The van der Waals surface area contributed by atoms with Gasteiger partial charge in [-0.25, -0.2) is 0 Å². The smallest absolute Gasteiger partial charge is 0.227 e. The number of rotatable bonds is 5. The number of hydrogen-bond acceptors (Lipinski definition) is 2. The van der Waals surface area contributed by atoms with Gasteiger partial charge in [0.1, 0.15) is 5.75 Å². The van der Waals surface area contributed by atoms with Crippen LogP contribution in [-0.4, -0.2) is 17.6 Å². The summed E-state index contributed by atoms with van der Waals surface area (Å²) in [5.41, 5.74) is 2.12. The Kier molecular flexibility index (Phi) is 4.77. The average Bonchev–Trinajstić information content (AvgIpc) is 2.49. The molecular formula is C17H19NO2. The molecule has 2 rings (SSSR count). The normalized spacial score (nSPS) is 11.8. The molecule has 20 heavy (non-hydrogen) atoms. The van der Waals surface area contributed by atoms with Crippen LogP contribution in [0.1, 0.15) is 24.0 Å². The minimum Gasteiger partial charge on any atom is -0.508 e. The summed E-state index contributed by atoms with van der Waals surface area (Å²) in [5, 5.41) is 12.1. The van der Waals surface area contributed by atoms with E-state index >= 15 is 0 Å². The lowest BCUT2D eigenvalue weighted by molar-refractivity contribution is -0.122. The number of carbonyl (C=O) groups is 1. The molecule has 0 fully saturated rings. The van der Waals surface area contributed by atoms with Gasteiger partial charge in [0.25, 0.3) is 0 Å². The van der Waals surface area contributed by atoms with Crippen LogP contribution in [0, 0.1) is 0 Å². The maximum Gasteiger partial charge on any atom is 0.227 e. The molecule has 0 heterocycles. The fourth-order valence-electron chi connectivity index (χ4n) is 2.04. The molecule has 1 atom stereocenters. The molecule has 2 N–H and O–H groups in total. The number of aromatic hydroxyl groups is 1. The monoisotopic (exact) mass is 269 g/mol. The van der Waals surface area contributed by atoms with Gasteiger partial charge < -0.3 is 10.4 Å². The first-order chi connectivity index (χ1) is 9.66. The second-order valence-corrected chi connectivity index (χ2v) is 4.84. The van der Waals surface area contributed by atoms with E-state index in [9.17, 15) is 9.90 Å². The molecule has 2 aromatic rings. The second kappa shape index (κ2) is 6.75. The minimum atomic E-state index is -0.143. The van der Waals surface area contributed by atoms with Crippen LogP contribution >= 0.6 is 0 Å². The maximum atomic E-state index is 12.0. The molecule has 0 saturated heterocycles. The summed E-state index contributed by atoms with van der Waals surface area (Å²) < 4.78 is 0. The van der Waals surface area contributed by atoms with Gasteiger partial charge in [0.2, 0.25) is 5.91 Å². The molecule has 0 aromatic heterocycles. The van der Waals surface area contributed by atoms with Crippen molar-refractivity contribution in [3.63, 3.8) is 0 Å². The molecule has 0 saturated carbocycles. The fraction of sp³-hybridized carbons (Fsp3) is 0.235. The molecule has 3 nitrogen and oxygen atoms in total. The number of benzene rings is 2. The Bertz CT molecular complexity index is 549. The van der Waals surface area contributed by atoms with Crippen molar-refractivity contribution in [3.05, 3.63) is 65.7 Å². The van der Waals surface area contributed by atoms with Crippen molar-refractivity contribution in [1.82, 2.24) is 5.32 Å². The SMILES string of the molecule is CC(C(=O)NCCc1ccc(O)cc1)c1ccccc1. The summed E-state index contributed by atoms with van der Waals surface area (Å²) in [6, 6.07) is 16.8.